The summed E-state index contributed by atoms with van der Waals surface area (Å²) < 4.78 is 0. The molecule has 1 unspecified atom stereocenters. The number of rotatable bonds is 4. The minimum Gasteiger partial charge on any atom is -0.308 e. The average Bonchev–Trinajstić information content (AvgIpc) is 2.63. The first kappa shape index (κ1) is 13.4. The molecule has 2 rings (SSSR count). The van der Waals surface area contributed by atoms with Crippen LogP contribution in [0, 0.1) is 6.92 Å². The van der Waals surface area contributed by atoms with Gasteiger partial charge in [-0.1, -0.05) is 6.92 Å². The zero-order chi connectivity index (χ0) is 12.8. The molecule has 1 fully saturated rings. The van der Waals surface area contributed by atoms with Crippen molar-refractivity contribution >= 4 is 0 Å². The lowest BCUT2D eigenvalue weighted by Gasteiger charge is -2.18. The zero-order valence-electron chi connectivity index (χ0n) is 11.5. The minimum absolute atomic E-state index is 0.629. The van der Waals surface area contributed by atoms with Gasteiger partial charge in [-0.05, 0) is 45.8 Å². The smallest absolute Gasteiger partial charge is 0.0724 e. The van der Waals surface area contributed by atoms with Crippen LogP contribution in [-0.2, 0) is 6.54 Å². The monoisotopic (exact) mass is 248 g/mol. The van der Waals surface area contributed by atoms with Gasteiger partial charge >= 0.3 is 0 Å². The Morgan fingerprint density at radius 1 is 1.28 bits per heavy atom. The Bertz CT molecular complexity index is 349. The van der Waals surface area contributed by atoms with E-state index in [2.05, 4.69) is 27.1 Å². The van der Waals surface area contributed by atoms with Crippen molar-refractivity contribution in [3.05, 3.63) is 23.8 Å². The van der Waals surface area contributed by atoms with Crippen molar-refractivity contribution in [2.24, 2.45) is 0 Å². The summed E-state index contributed by atoms with van der Waals surface area (Å²) in [6.07, 6.45) is 7.52. The first-order valence-electron chi connectivity index (χ1n) is 7.01. The lowest BCUT2D eigenvalue weighted by Crippen LogP contribution is -2.30. The van der Waals surface area contributed by atoms with Crippen LogP contribution in [0.1, 0.15) is 37.6 Å². The molecule has 0 aromatic carbocycles. The Morgan fingerprint density at radius 3 is 2.89 bits per heavy atom. The van der Waals surface area contributed by atoms with Gasteiger partial charge in [-0.25, -0.2) is 0 Å². The van der Waals surface area contributed by atoms with Crippen LogP contribution in [0.2, 0.25) is 0 Å². The number of aryl methyl sites for hydroxylation is 1. The quantitative estimate of drug-likeness (QED) is 0.881. The second-order valence-electron chi connectivity index (χ2n) is 5.09. The first-order chi connectivity index (χ1) is 8.78. The Kier molecular flexibility index (Phi) is 5.08. The standard InChI is InChI=1S/C14H24N4/c1-3-18-7-4-5-13(6-8-18)17-11-14-10-15-12(2)9-16-14/h9-10,13,17H,3-8,11H2,1-2H3. The van der Waals surface area contributed by atoms with E-state index in [-0.39, 0.29) is 0 Å². The highest BCUT2D eigenvalue weighted by Crippen LogP contribution is 2.11. The molecular weight excluding hydrogens is 224 g/mol. The van der Waals surface area contributed by atoms with E-state index in [1.807, 2.05) is 19.3 Å². The SMILES string of the molecule is CCN1CCCC(NCc2cnc(C)cn2)CC1. The Balaban J connectivity index is 1.77. The van der Waals surface area contributed by atoms with Crippen molar-refractivity contribution in [1.82, 2.24) is 20.2 Å². The molecule has 18 heavy (non-hydrogen) atoms. The number of aromatic nitrogens is 2. The van der Waals surface area contributed by atoms with Crippen LogP contribution in [0.5, 0.6) is 0 Å². The van der Waals surface area contributed by atoms with Crippen LogP contribution in [0.3, 0.4) is 0 Å². The van der Waals surface area contributed by atoms with E-state index < -0.39 is 0 Å². The number of likely N-dealkylation sites (tertiary alicyclic amines) is 1. The van der Waals surface area contributed by atoms with Gasteiger partial charge in [0.25, 0.3) is 0 Å². The van der Waals surface area contributed by atoms with Crippen LogP contribution >= 0.6 is 0 Å². The molecule has 0 radical (unpaired) electrons. The van der Waals surface area contributed by atoms with Crippen molar-refractivity contribution in [2.75, 3.05) is 19.6 Å². The third kappa shape index (κ3) is 4.03. The molecule has 0 amide bonds. The number of nitrogens with one attached hydrogen (secondary N) is 1. The predicted octanol–water partition coefficient (Wildman–Crippen LogP) is 1.75. The summed E-state index contributed by atoms with van der Waals surface area (Å²) in [4.78, 5) is 11.2. The summed E-state index contributed by atoms with van der Waals surface area (Å²) in [6, 6.07) is 0.629. The molecule has 1 aromatic heterocycles. The first-order valence-corrected chi connectivity index (χ1v) is 7.01. The molecule has 4 nitrogen and oxygen atoms in total. The molecule has 1 atom stereocenters. The molecule has 0 saturated carbocycles. The summed E-state index contributed by atoms with van der Waals surface area (Å²) in [5.74, 6) is 0. The molecule has 4 heteroatoms. The lowest BCUT2D eigenvalue weighted by molar-refractivity contribution is 0.297. The molecule has 1 saturated heterocycles. The van der Waals surface area contributed by atoms with Gasteiger partial charge in [0.2, 0.25) is 0 Å². The van der Waals surface area contributed by atoms with E-state index >= 15 is 0 Å². The van der Waals surface area contributed by atoms with E-state index in [0.29, 0.717) is 6.04 Å². The summed E-state index contributed by atoms with van der Waals surface area (Å²) >= 11 is 0. The van der Waals surface area contributed by atoms with Crippen molar-refractivity contribution in [1.29, 1.82) is 0 Å². The Hall–Kier alpha value is -1.00. The highest BCUT2D eigenvalue weighted by molar-refractivity contribution is 5.00. The molecule has 100 valence electrons. The normalized spacial score (nSPS) is 21.8. The lowest BCUT2D eigenvalue weighted by atomic mass is 10.1. The van der Waals surface area contributed by atoms with E-state index in [0.717, 1.165) is 17.9 Å². The number of hydrogen-bond acceptors (Lipinski definition) is 4. The molecule has 0 spiro atoms. The van der Waals surface area contributed by atoms with Gasteiger partial charge in [-0.2, -0.15) is 0 Å². The molecule has 2 heterocycles. The third-order valence-electron chi connectivity index (χ3n) is 3.67. The third-order valence-corrected chi connectivity index (χ3v) is 3.67. The molecule has 0 aliphatic carbocycles. The maximum atomic E-state index is 4.38. The van der Waals surface area contributed by atoms with Gasteiger partial charge in [0.1, 0.15) is 0 Å². The van der Waals surface area contributed by atoms with Crippen LogP contribution in [-0.4, -0.2) is 40.5 Å². The highest BCUT2D eigenvalue weighted by Gasteiger charge is 2.15. The minimum atomic E-state index is 0.629. The van der Waals surface area contributed by atoms with E-state index in [4.69, 9.17) is 0 Å². The molecule has 1 N–H and O–H groups in total. The van der Waals surface area contributed by atoms with Crippen molar-refractivity contribution in [2.45, 2.75) is 45.7 Å². The predicted molar refractivity (Wildman–Crippen MR) is 73.4 cm³/mol. The molecule has 1 aliphatic rings. The average molecular weight is 248 g/mol. The second kappa shape index (κ2) is 6.81. The summed E-state index contributed by atoms with van der Waals surface area (Å²) in [5, 5.41) is 3.61. The Labute approximate surface area is 110 Å². The van der Waals surface area contributed by atoms with E-state index in [1.54, 1.807) is 0 Å². The molecule has 1 aromatic rings. The largest absolute Gasteiger partial charge is 0.308 e. The van der Waals surface area contributed by atoms with Crippen molar-refractivity contribution < 1.29 is 0 Å². The maximum Gasteiger partial charge on any atom is 0.0724 e. The zero-order valence-corrected chi connectivity index (χ0v) is 11.5. The number of nitrogens with zero attached hydrogens (tertiary/aromatic N) is 3. The number of hydrogen-bond donors (Lipinski definition) is 1. The fourth-order valence-corrected chi connectivity index (χ4v) is 2.44. The highest BCUT2D eigenvalue weighted by atomic mass is 15.1. The molecule has 0 bridgehead atoms. The topological polar surface area (TPSA) is 41.0 Å². The summed E-state index contributed by atoms with van der Waals surface area (Å²) in [5.41, 5.74) is 2.02. The van der Waals surface area contributed by atoms with Gasteiger partial charge in [-0.3, -0.25) is 9.97 Å². The van der Waals surface area contributed by atoms with Crippen LogP contribution in [0.25, 0.3) is 0 Å². The van der Waals surface area contributed by atoms with E-state index in [9.17, 15) is 0 Å². The van der Waals surface area contributed by atoms with Crippen molar-refractivity contribution in [3.63, 3.8) is 0 Å². The summed E-state index contributed by atoms with van der Waals surface area (Å²) in [6.45, 7) is 8.69. The van der Waals surface area contributed by atoms with Gasteiger partial charge in [0.05, 0.1) is 11.4 Å². The van der Waals surface area contributed by atoms with Gasteiger partial charge in [0, 0.05) is 25.0 Å². The van der Waals surface area contributed by atoms with Crippen LogP contribution in [0.15, 0.2) is 12.4 Å². The molecular formula is C14H24N4. The van der Waals surface area contributed by atoms with Gasteiger partial charge in [0.15, 0.2) is 0 Å². The fraction of sp³-hybridized carbons (Fsp3) is 0.714. The van der Waals surface area contributed by atoms with Crippen molar-refractivity contribution in [3.8, 4) is 0 Å². The molecule has 1 aliphatic heterocycles. The Morgan fingerprint density at radius 2 is 2.17 bits per heavy atom. The maximum absolute atomic E-state index is 4.38. The van der Waals surface area contributed by atoms with Crippen LogP contribution < -0.4 is 5.32 Å². The van der Waals surface area contributed by atoms with E-state index in [1.165, 1.54) is 38.9 Å². The van der Waals surface area contributed by atoms with Gasteiger partial charge < -0.3 is 10.2 Å². The fourth-order valence-electron chi connectivity index (χ4n) is 2.44. The van der Waals surface area contributed by atoms with Gasteiger partial charge in [-0.15, -0.1) is 0 Å². The van der Waals surface area contributed by atoms with Crippen LogP contribution in [0.4, 0.5) is 0 Å². The summed E-state index contributed by atoms with van der Waals surface area (Å²) in [7, 11) is 0. The second-order valence-corrected chi connectivity index (χ2v) is 5.09.